The van der Waals surface area contributed by atoms with Crippen LogP contribution < -0.4 is 5.32 Å². The topological polar surface area (TPSA) is 92.6 Å². The summed E-state index contributed by atoms with van der Waals surface area (Å²) < 4.78 is 12.3. The van der Waals surface area contributed by atoms with E-state index in [4.69, 9.17) is 19.5 Å². The highest BCUT2D eigenvalue weighted by Gasteiger charge is 2.59. The minimum atomic E-state index is 0.0220. The molecule has 0 radical (unpaired) electrons. The predicted molar refractivity (Wildman–Crippen MR) is 328 cm³/mol. The Balaban J connectivity index is 0.945. The molecule has 1 heterocycles. The number of allylic oxidation sites excluding steroid dienone is 1. The van der Waals surface area contributed by atoms with Crippen LogP contribution in [0, 0.1) is 46.3 Å². The highest BCUT2D eigenvalue weighted by atomic mass is 16.5. The monoisotopic (exact) mass is 1070 g/mol. The van der Waals surface area contributed by atoms with Crippen molar-refractivity contribution in [2.24, 2.45) is 56.3 Å². The minimum Gasteiger partial charge on any atom is -0.462 e. The van der Waals surface area contributed by atoms with Crippen LogP contribution in [-0.4, -0.2) is 67.5 Å². The van der Waals surface area contributed by atoms with Gasteiger partial charge in [-0.3, -0.25) is 9.59 Å². The second-order valence-electron chi connectivity index (χ2n) is 27.5. The summed E-state index contributed by atoms with van der Waals surface area (Å²) in [5.74, 6) is 7.41. The van der Waals surface area contributed by atoms with E-state index in [9.17, 15) is 9.59 Å². The van der Waals surface area contributed by atoms with E-state index in [0.717, 1.165) is 150 Å². The predicted octanol–water partition coefficient (Wildman–Crippen LogP) is 19.3. The van der Waals surface area contributed by atoms with Gasteiger partial charge in [-0.1, -0.05) is 182 Å². The second-order valence-corrected chi connectivity index (χ2v) is 27.5. The van der Waals surface area contributed by atoms with Crippen molar-refractivity contribution in [2.45, 2.75) is 337 Å². The molecule has 444 valence electrons. The maximum atomic E-state index is 13.2. The molecule has 77 heavy (non-hydrogen) atoms. The van der Waals surface area contributed by atoms with E-state index < -0.39 is 0 Å². The van der Waals surface area contributed by atoms with Crippen molar-refractivity contribution < 1.29 is 19.1 Å². The van der Waals surface area contributed by atoms with E-state index in [1.54, 1.807) is 5.57 Å². The number of hydrogen-bond donors (Lipinski definition) is 1. The average Bonchev–Trinajstić information content (AvgIpc) is 3.77. The molecule has 8 heteroatoms. The molecule has 0 aromatic heterocycles. The molecule has 0 saturated heterocycles. The molecular formula is C69H124N4O4. The number of unbranched alkanes of at least 4 members (excludes halogenated alkanes) is 19. The molecule has 0 aromatic carbocycles. The number of hydrogen-bond acceptors (Lipinski definition) is 8. The number of esters is 2. The van der Waals surface area contributed by atoms with Crippen LogP contribution in [0.15, 0.2) is 21.6 Å². The first kappa shape index (κ1) is 65.6. The van der Waals surface area contributed by atoms with Gasteiger partial charge in [0.1, 0.15) is 30.0 Å². The van der Waals surface area contributed by atoms with Crippen LogP contribution in [0.25, 0.3) is 0 Å². The van der Waals surface area contributed by atoms with Gasteiger partial charge in [-0.15, -0.1) is 0 Å². The zero-order valence-electron chi connectivity index (χ0n) is 52.2. The van der Waals surface area contributed by atoms with Gasteiger partial charge in [0.25, 0.3) is 0 Å². The minimum absolute atomic E-state index is 0.0220. The van der Waals surface area contributed by atoms with Gasteiger partial charge in [0.15, 0.2) is 0 Å². The quantitative estimate of drug-likeness (QED) is 0.0372. The first-order chi connectivity index (χ1) is 37.2. The second kappa shape index (κ2) is 36.3. The third-order valence-corrected chi connectivity index (χ3v) is 20.4. The van der Waals surface area contributed by atoms with Gasteiger partial charge >= 0.3 is 11.9 Å². The van der Waals surface area contributed by atoms with Gasteiger partial charge in [0.2, 0.25) is 0 Å². The maximum Gasteiger partial charge on any atom is 0.306 e. The molecule has 8 nitrogen and oxygen atoms in total. The van der Waals surface area contributed by atoms with E-state index in [2.05, 4.69) is 78.9 Å². The molecule has 0 spiro atoms. The SMILES string of the molecule is CCCCCCCCC(CCCCCC)OC(=O)CCCCCCCCC1=NC(CCCCCN(C)C)N=C(CCCCCCCC(=O)OC2CCC3(C)C(=CCC4C3CCC3(C)C(C(C)CCCC(C)C)CCC43)C2)N1. The molecule has 10 unspecified atom stereocenters. The molecule has 5 aliphatic rings. The van der Waals surface area contributed by atoms with Gasteiger partial charge in [-0.2, -0.15) is 0 Å². The summed E-state index contributed by atoms with van der Waals surface area (Å²) in [5, 5.41) is 3.67. The zero-order valence-corrected chi connectivity index (χ0v) is 52.2. The number of ether oxygens (including phenoxy) is 2. The van der Waals surface area contributed by atoms with Crippen molar-refractivity contribution >= 4 is 23.6 Å². The van der Waals surface area contributed by atoms with E-state index in [1.807, 2.05) is 0 Å². The van der Waals surface area contributed by atoms with Crippen LogP contribution >= 0.6 is 0 Å². The summed E-state index contributed by atoms with van der Waals surface area (Å²) in [7, 11) is 4.31. The number of amidine groups is 2. The first-order valence-corrected chi connectivity index (χ1v) is 33.9. The molecule has 0 aromatic rings. The molecule has 3 fully saturated rings. The number of nitrogens with zero attached hydrogens (tertiary/aromatic N) is 3. The average molecular weight is 1070 g/mol. The Morgan fingerprint density at radius 2 is 1.22 bits per heavy atom. The summed E-state index contributed by atoms with van der Waals surface area (Å²) in [5.41, 5.74) is 2.44. The largest absolute Gasteiger partial charge is 0.462 e. The Morgan fingerprint density at radius 1 is 0.636 bits per heavy atom. The lowest BCUT2D eigenvalue weighted by Crippen LogP contribution is -2.51. The van der Waals surface area contributed by atoms with Crippen molar-refractivity contribution in [3.8, 4) is 0 Å². The molecule has 0 bridgehead atoms. The third-order valence-electron chi connectivity index (χ3n) is 20.4. The zero-order chi connectivity index (χ0) is 55.3. The third kappa shape index (κ3) is 22.9. The summed E-state index contributed by atoms with van der Waals surface area (Å²) in [6.07, 6.45) is 51.8. The molecule has 0 amide bonds. The number of carbonyl (C=O) groups excluding carboxylic acids is 2. The van der Waals surface area contributed by atoms with E-state index in [1.165, 1.54) is 161 Å². The molecule has 10 atom stereocenters. The van der Waals surface area contributed by atoms with Crippen LogP contribution in [0.2, 0.25) is 0 Å². The van der Waals surface area contributed by atoms with Crippen molar-refractivity contribution in [3.05, 3.63) is 11.6 Å². The normalized spacial score (nSPS) is 26.8. The summed E-state index contributed by atoms with van der Waals surface area (Å²) in [6.45, 7) is 18.3. The van der Waals surface area contributed by atoms with Crippen LogP contribution in [0.4, 0.5) is 0 Å². The van der Waals surface area contributed by atoms with Crippen LogP contribution in [0.5, 0.6) is 0 Å². The molecular weight excluding hydrogens is 949 g/mol. The highest BCUT2D eigenvalue weighted by molar-refractivity contribution is 6.02. The molecule has 1 N–H and O–H groups in total. The Bertz CT molecular complexity index is 1740. The van der Waals surface area contributed by atoms with Crippen molar-refractivity contribution in [2.75, 3.05) is 20.6 Å². The van der Waals surface area contributed by atoms with Crippen LogP contribution in [0.1, 0.15) is 318 Å². The smallest absolute Gasteiger partial charge is 0.306 e. The van der Waals surface area contributed by atoms with Gasteiger partial charge < -0.3 is 19.7 Å². The summed E-state index contributed by atoms with van der Waals surface area (Å²) >= 11 is 0. The van der Waals surface area contributed by atoms with Gasteiger partial charge in [0, 0.05) is 32.1 Å². The lowest BCUT2D eigenvalue weighted by molar-refractivity contribution is -0.152. The number of rotatable bonds is 42. The summed E-state index contributed by atoms with van der Waals surface area (Å²) in [4.78, 5) is 38.6. The lowest BCUT2D eigenvalue weighted by Gasteiger charge is -2.58. The maximum absolute atomic E-state index is 13.2. The Labute approximate surface area is 475 Å². The van der Waals surface area contributed by atoms with Gasteiger partial charge in [-0.05, 0) is 183 Å². The van der Waals surface area contributed by atoms with E-state index >= 15 is 0 Å². The van der Waals surface area contributed by atoms with Crippen LogP contribution in [0.3, 0.4) is 0 Å². The number of nitrogens with one attached hydrogen (secondary N) is 1. The van der Waals surface area contributed by atoms with Crippen LogP contribution in [-0.2, 0) is 19.1 Å². The number of fused-ring (bicyclic) bond motifs is 5. The van der Waals surface area contributed by atoms with Gasteiger partial charge in [0.05, 0.1) is 0 Å². The molecule has 5 rings (SSSR count). The molecule has 1 aliphatic heterocycles. The molecule has 4 aliphatic carbocycles. The van der Waals surface area contributed by atoms with Crippen molar-refractivity contribution in [1.82, 2.24) is 10.2 Å². The number of aliphatic imine (C=N–C) groups is 2. The Morgan fingerprint density at radius 3 is 1.86 bits per heavy atom. The fraction of sp³-hybridized carbons (Fsp3) is 0.913. The fourth-order valence-corrected chi connectivity index (χ4v) is 15.8. The Kier molecular flexibility index (Phi) is 30.9. The lowest BCUT2D eigenvalue weighted by atomic mass is 9.47. The van der Waals surface area contributed by atoms with Crippen molar-refractivity contribution in [3.63, 3.8) is 0 Å². The Hall–Kier alpha value is -2.22. The van der Waals surface area contributed by atoms with Gasteiger partial charge in [-0.25, -0.2) is 9.98 Å². The first-order valence-electron chi connectivity index (χ1n) is 33.9. The van der Waals surface area contributed by atoms with E-state index in [-0.39, 0.29) is 30.3 Å². The standard InChI is InChI=1S/C69H124N4O4/c1-10-12-14-16-20-27-38-57(37-26-15-13-11-2)76-66(74)42-31-23-18-17-21-28-39-63-70-64(72-65(71-63)41-30-25-33-52-73(8)9)40-29-22-19-24-32-43-67(75)77-58-48-50-68(6)56(53-58)44-45-59-61-47-46-60(55(5)36-34-35-54(3)4)69(61,7)51-49-62(59)68/h44,54-55,57-62,65H,10-43,45-53H2,1-9H3,(H,70,71,72). The number of carbonyl (C=O) groups is 2. The van der Waals surface area contributed by atoms with Crippen molar-refractivity contribution in [1.29, 1.82) is 0 Å². The highest BCUT2D eigenvalue weighted by Crippen LogP contribution is 2.67. The van der Waals surface area contributed by atoms with E-state index in [0.29, 0.717) is 23.7 Å². The molecule has 3 saturated carbocycles. The fourth-order valence-electron chi connectivity index (χ4n) is 15.8. The summed E-state index contributed by atoms with van der Waals surface area (Å²) in [6, 6.07) is 0.